The van der Waals surface area contributed by atoms with E-state index >= 15 is 0 Å². The van der Waals surface area contributed by atoms with Crippen LogP contribution in [0.3, 0.4) is 0 Å². The van der Waals surface area contributed by atoms with Crippen LogP contribution < -0.4 is 26.0 Å². The number of hydrogen-bond donors (Lipinski definition) is 4. The molecule has 42 heavy (non-hydrogen) atoms. The molecule has 13 heteroatoms. The Morgan fingerprint density at radius 1 is 1.00 bits per heavy atom. The number of benzene rings is 2. The molecule has 4 N–H and O–H groups in total. The van der Waals surface area contributed by atoms with Gasteiger partial charge in [0.05, 0.1) is 24.8 Å². The molecule has 2 heterocycles. The van der Waals surface area contributed by atoms with Crippen molar-refractivity contribution in [3.63, 3.8) is 0 Å². The molecule has 0 aliphatic carbocycles. The van der Waals surface area contributed by atoms with Gasteiger partial charge in [-0.1, -0.05) is 42.8 Å². The maximum absolute atomic E-state index is 13.1. The molecule has 1 aliphatic rings. The Hall–Kier alpha value is -4.45. The van der Waals surface area contributed by atoms with Crippen LogP contribution in [0.1, 0.15) is 59.2 Å². The van der Waals surface area contributed by atoms with E-state index in [9.17, 15) is 19.2 Å². The Kier molecular flexibility index (Phi) is 10.1. The lowest BCUT2D eigenvalue weighted by Gasteiger charge is -2.22. The summed E-state index contributed by atoms with van der Waals surface area (Å²) in [6, 6.07) is 9.76. The van der Waals surface area contributed by atoms with E-state index < -0.39 is 29.8 Å². The molecular formula is C29H34ClN7O5. The Labute approximate surface area is 248 Å². The molecule has 2 atom stereocenters. The monoisotopic (exact) mass is 595 g/mol. The molecule has 0 saturated carbocycles. The highest BCUT2D eigenvalue weighted by Gasteiger charge is 2.25. The predicted molar refractivity (Wildman–Crippen MR) is 155 cm³/mol. The van der Waals surface area contributed by atoms with Gasteiger partial charge in [-0.25, -0.2) is 4.68 Å². The van der Waals surface area contributed by atoms with Crippen molar-refractivity contribution in [3.8, 4) is 5.75 Å². The van der Waals surface area contributed by atoms with Crippen molar-refractivity contribution in [2.24, 2.45) is 5.92 Å². The van der Waals surface area contributed by atoms with E-state index in [0.717, 1.165) is 0 Å². The summed E-state index contributed by atoms with van der Waals surface area (Å²) in [5, 5.41) is 19.6. The molecule has 4 amide bonds. The van der Waals surface area contributed by atoms with Crippen molar-refractivity contribution in [2.45, 2.75) is 58.9 Å². The maximum atomic E-state index is 13.1. The van der Waals surface area contributed by atoms with Crippen LogP contribution in [0.15, 0.2) is 48.7 Å². The molecule has 1 aliphatic heterocycles. The number of ether oxygens (including phenoxy) is 1. The zero-order valence-electron chi connectivity index (χ0n) is 23.6. The van der Waals surface area contributed by atoms with Crippen LogP contribution in [-0.4, -0.2) is 57.3 Å². The predicted octanol–water partition coefficient (Wildman–Crippen LogP) is 2.22. The van der Waals surface area contributed by atoms with E-state index in [-0.39, 0.29) is 37.1 Å². The van der Waals surface area contributed by atoms with Crippen molar-refractivity contribution >= 4 is 35.2 Å². The average Bonchev–Trinajstić information content (AvgIpc) is 3.42. The van der Waals surface area contributed by atoms with Crippen molar-refractivity contribution in [2.75, 3.05) is 6.61 Å². The fourth-order valence-corrected chi connectivity index (χ4v) is 4.50. The van der Waals surface area contributed by atoms with Crippen LogP contribution in [-0.2, 0) is 29.2 Å². The van der Waals surface area contributed by atoms with E-state index in [1.165, 1.54) is 6.07 Å². The van der Waals surface area contributed by atoms with Gasteiger partial charge in [-0.2, -0.15) is 0 Å². The summed E-state index contributed by atoms with van der Waals surface area (Å²) < 4.78 is 7.45. The van der Waals surface area contributed by atoms with E-state index in [2.05, 4.69) is 31.6 Å². The number of carbonyl (C=O) groups excluding carboxylic acids is 4. The van der Waals surface area contributed by atoms with E-state index in [0.29, 0.717) is 40.6 Å². The molecule has 0 fully saturated rings. The molecule has 222 valence electrons. The topological polar surface area (TPSA) is 156 Å². The lowest BCUT2D eigenvalue weighted by Crippen LogP contribution is -2.53. The fraction of sp³-hybridized carbons (Fsp3) is 0.379. The first-order valence-corrected chi connectivity index (χ1v) is 14.0. The molecule has 0 spiro atoms. The number of nitrogens with zero attached hydrogens (tertiary/aromatic N) is 3. The minimum atomic E-state index is -0.911. The molecule has 12 nitrogen and oxygen atoms in total. The first kappa shape index (κ1) is 30.5. The third kappa shape index (κ3) is 8.29. The second-order valence-corrected chi connectivity index (χ2v) is 10.9. The van der Waals surface area contributed by atoms with E-state index in [1.54, 1.807) is 54.2 Å². The van der Waals surface area contributed by atoms with Crippen LogP contribution in [0.5, 0.6) is 5.75 Å². The van der Waals surface area contributed by atoms with Crippen LogP contribution >= 0.6 is 11.6 Å². The highest BCUT2D eigenvalue weighted by Crippen LogP contribution is 2.23. The van der Waals surface area contributed by atoms with Gasteiger partial charge in [0.15, 0.2) is 0 Å². The molecular weight excluding hydrogens is 562 g/mol. The van der Waals surface area contributed by atoms with Crippen molar-refractivity contribution < 1.29 is 23.9 Å². The summed E-state index contributed by atoms with van der Waals surface area (Å²) in [7, 11) is 0. The molecule has 0 unspecified atom stereocenters. The molecule has 1 aromatic heterocycles. The molecule has 4 bridgehead atoms. The number of aromatic nitrogens is 3. The van der Waals surface area contributed by atoms with E-state index in [1.807, 2.05) is 13.8 Å². The van der Waals surface area contributed by atoms with Gasteiger partial charge < -0.3 is 26.0 Å². The summed E-state index contributed by atoms with van der Waals surface area (Å²) >= 11 is 6.16. The quantitative estimate of drug-likeness (QED) is 0.354. The number of amides is 4. The first-order chi connectivity index (χ1) is 20.1. The SMILES string of the molecule is CC(C)C[C@H]1NC(=O)[C@@H](C)NC(=O)c2cccc(c2)CNC(=O)c2cc(Cl)ccc2OCCn2cc(nn2)CNC1=O. The average molecular weight is 596 g/mol. The molecule has 2 aromatic carbocycles. The van der Waals surface area contributed by atoms with Crippen LogP contribution in [0, 0.1) is 5.92 Å². The zero-order chi connectivity index (χ0) is 30.2. The highest BCUT2D eigenvalue weighted by molar-refractivity contribution is 6.31. The summed E-state index contributed by atoms with van der Waals surface area (Å²) in [4.78, 5) is 52.0. The number of halogens is 1. The lowest BCUT2D eigenvalue weighted by atomic mass is 10.0. The van der Waals surface area contributed by atoms with Gasteiger partial charge in [0.1, 0.15) is 30.1 Å². The Morgan fingerprint density at radius 2 is 1.81 bits per heavy atom. The van der Waals surface area contributed by atoms with Crippen LogP contribution in [0.2, 0.25) is 5.02 Å². The molecule has 4 rings (SSSR count). The van der Waals surface area contributed by atoms with Gasteiger partial charge in [-0.15, -0.1) is 5.10 Å². The number of nitrogens with one attached hydrogen (secondary N) is 4. The third-order valence-electron chi connectivity index (χ3n) is 6.52. The van der Waals surface area contributed by atoms with Gasteiger partial charge in [0, 0.05) is 17.1 Å². The van der Waals surface area contributed by atoms with Gasteiger partial charge >= 0.3 is 0 Å². The second kappa shape index (κ2) is 13.9. The fourth-order valence-electron chi connectivity index (χ4n) is 4.33. The number of hydrogen-bond acceptors (Lipinski definition) is 7. The van der Waals surface area contributed by atoms with E-state index in [4.69, 9.17) is 16.3 Å². The van der Waals surface area contributed by atoms with Gasteiger partial charge in [-0.05, 0) is 55.2 Å². The second-order valence-electron chi connectivity index (χ2n) is 10.4. The zero-order valence-corrected chi connectivity index (χ0v) is 24.4. The lowest BCUT2D eigenvalue weighted by molar-refractivity contribution is -0.130. The summed E-state index contributed by atoms with van der Waals surface area (Å²) in [5.41, 5.74) is 1.76. The smallest absolute Gasteiger partial charge is 0.255 e. The summed E-state index contributed by atoms with van der Waals surface area (Å²) in [6.07, 6.45) is 2.08. The normalized spacial score (nSPS) is 19.1. The van der Waals surface area contributed by atoms with Crippen molar-refractivity contribution in [3.05, 3.63) is 76.1 Å². The maximum Gasteiger partial charge on any atom is 0.255 e. The molecule has 0 saturated heterocycles. The Balaban J connectivity index is 1.58. The van der Waals surface area contributed by atoms with Gasteiger partial charge in [-0.3, -0.25) is 19.2 Å². The van der Waals surface area contributed by atoms with Gasteiger partial charge in [0.25, 0.3) is 11.8 Å². The van der Waals surface area contributed by atoms with Crippen LogP contribution in [0.4, 0.5) is 0 Å². The minimum Gasteiger partial charge on any atom is -0.491 e. The van der Waals surface area contributed by atoms with Crippen LogP contribution in [0.25, 0.3) is 0 Å². The number of carbonyl (C=O) groups is 4. The largest absolute Gasteiger partial charge is 0.491 e. The van der Waals surface area contributed by atoms with Crippen molar-refractivity contribution in [1.29, 1.82) is 0 Å². The standard InChI is InChI=1S/C29H34ClN7O5/c1-17(2)11-24-29(41)32-15-22-16-37(36-35-22)9-10-42-25-8-7-21(30)13-23(25)28(40)31-14-19-5-4-6-20(12-19)27(39)33-18(3)26(38)34-24/h4-8,12-13,16-18,24H,9-11,14-15H2,1-3H3,(H,31,40)(H,32,41)(H,33,39)(H,34,38)/t18-,24-/m1/s1. The number of fused-ring (bicyclic) bond motifs is 5. The van der Waals surface area contributed by atoms with Crippen molar-refractivity contribution in [1.82, 2.24) is 36.3 Å². The Morgan fingerprint density at radius 3 is 2.60 bits per heavy atom. The summed E-state index contributed by atoms with van der Waals surface area (Å²) in [5.74, 6) is -1.26. The highest BCUT2D eigenvalue weighted by atomic mass is 35.5. The summed E-state index contributed by atoms with van der Waals surface area (Å²) in [6.45, 7) is 6.21. The first-order valence-electron chi connectivity index (χ1n) is 13.7. The molecule has 0 radical (unpaired) electrons. The Bertz CT molecular complexity index is 1460. The molecule has 3 aromatic rings. The minimum absolute atomic E-state index is 0.105. The number of rotatable bonds is 2. The van der Waals surface area contributed by atoms with Gasteiger partial charge in [0.2, 0.25) is 11.8 Å². The third-order valence-corrected chi connectivity index (χ3v) is 6.75.